The van der Waals surface area contributed by atoms with Crippen molar-refractivity contribution in [3.8, 4) is 0 Å². The molecule has 0 radical (unpaired) electrons. The fourth-order valence-electron chi connectivity index (χ4n) is 2.14. The van der Waals surface area contributed by atoms with Gasteiger partial charge in [0.25, 0.3) is 0 Å². The van der Waals surface area contributed by atoms with Gasteiger partial charge in [0.2, 0.25) is 0 Å². The monoisotopic (exact) mass is 219 g/mol. The minimum atomic E-state index is -0.184. The Kier molecular flexibility index (Phi) is 3.25. The maximum Gasteiger partial charge on any atom is 0.306 e. The first kappa shape index (κ1) is 11.1. The van der Waals surface area contributed by atoms with Crippen molar-refractivity contribution in [3.05, 3.63) is 35.4 Å². The summed E-state index contributed by atoms with van der Waals surface area (Å²) in [6.45, 7) is 1.96. The summed E-state index contributed by atoms with van der Waals surface area (Å²) in [5.74, 6) is -0.143. The van der Waals surface area contributed by atoms with E-state index in [1.54, 1.807) is 0 Å². The Morgan fingerprint density at radius 1 is 1.50 bits per heavy atom. The summed E-state index contributed by atoms with van der Waals surface area (Å²) in [6, 6.07) is 7.84. The molecule has 1 aliphatic rings. The average Bonchev–Trinajstić information content (AvgIpc) is 2.57. The summed E-state index contributed by atoms with van der Waals surface area (Å²) in [5.41, 5.74) is 8.36. The molecular weight excluding hydrogens is 202 g/mol. The van der Waals surface area contributed by atoms with Crippen LogP contribution in [0.2, 0.25) is 0 Å². The molecule has 3 heteroatoms. The van der Waals surface area contributed by atoms with Crippen LogP contribution in [0.4, 0.5) is 0 Å². The summed E-state index contributed by atoms with van der Waals surface area (Å²) >= 11 is 0. The summed E-state index contributed by atoms with van der Waals surface area (Å²) < 4.78 is 5.38. The summed E-state index contributed by atoms with van der Waals surface area (Å²) in [7, 11) is 0. The molecular formula is C13H17NO2. The first-order valence-corrected chi connectivity index (χ1v) is 5.75. The Bertz CT molecular complexity index is 389. The second kappa shape index (κ2) is 4.66. The first-order chi connectivity index (χ1) is 7.72. The lowest BCUT2D eigenvalue weighted by Crippen LogP contribution is -2.27. The molecule has 16 heavy (non-hydrogen) atoms. The molecule has 0 saturated heterocycles. The second-order valence-electron chi connectivity index (χ2n) is 4.21. The van der Waals surface area contributed by atoms with Crippen molar-refractivity contribution in [2.45, 2.75) is 38.3 Å². The third-order valence-corrected chi connectivity index (χ3v) is 2.97. The van der Waals surface area contributed by atoms with Gasteiger partial charge in [0, 0.05) is 12.8 Å². The van der Waals surface area contributed by atoms with Gasteiger partial charge < -0.3 is 10.5 Å². The van der Waals surface area contributed by atoms with Crippen LogP contribution in [0.1, 0.15) is 36.9 Å². The van der Waals surface area contributed by atoms with Gasteiger partial charge in [-0.25, -0.2) is 0 Å². The molecule has 2 rings (SSSR count). The normalized spacial score (nSPS) is 22.9. The maximum absolute atomic E-state index is 11.4. The third-order valence-electron chi connectivity index (χ3n) is 2.97. The molecule has 1 aliphatic carbocycles. The van der Waals surface area contributed by atoms with Gasteiger partial charge in [-0.2, -0.15) is 0 Å². The fourth-order valence-corrected chi connectivity index (χ4v) is 2.14. The van der Waals surface area contributed by atoms with Crippen LogP contribution in [0.3, 0.4) is 0 Å². The minimum Gasteiger partial charge on any atom is -0.460 e. The molecule has 3 nitrogen and oxygen atoms in total. The lowest BCUT2D eigenvalue weighted by Gasteiger charge is -2.16. The average molecular weight is 219 g/mol. The van der Waals surface area contributed by atoms with Gasteiger partial charge in [0.1, 0.15) is 6.10 Å². The van der Waals surface area contributed by atoms with Crippen molar-refractivity contribution in [1.29, 1.82) is 0 Å². The lowest BCUT2D eigenvalue weighted by molar-refractivity contribution is -0.149. The van der Waals surface area contributed by atoms with E-state index < -0.39 is 0 Å². The molecule has 0 heterocycles. The Morgan fingerprint density at radius 2 is 2.25 bits per heavy atom. The van der Waals surface area contributed by atoms with Crippen molar-refractivity contribution >= 4 is 5.97 Å². The number of rotatable bonds is 3. The molecule has 0 saturated carbocycles. The van der Waals surface area contributed by atoms with E-state index in [0.717, 1.165) is 18.4 Å². The number of benzene rings is 1. The van der Waals surface area contributed by atoms with E-state index in [4.69, 9.17) is 10.5 Å². The van der Waals surface area contributed by atoms with E-state index in [-0.39, 0.29) is 18.1 Å². The van der Waals surface area contributed by atoms with Crippen molar-refractivity contribution in [3.63, 3.8) is 0 Å². The van der Waals surface area contributed by atoms with Crippen molar-refractivity contribution < 1.29 is 9.53 Å². The van der Waals surface area contributed by atoms with Gasteiger partial charge in [0.05, 0.1) is 6.04 Å². The van der Waals surface area contributed by atoms with Gasteiger partial charge in [-0.3, -0.25) is 4.79 Å². The largest absolute Gasteiger partial charge is 0.460 e. The van der Waals surface area contributed by atoms with E-state index in [9.17, 15) is 4.79 Å². The zero-order chi connectivity index (χ0) is 11.5. The van der Waals surface area contributed by atoms with Crippen LogP contribution in [-0.2, 0) is 16.0 Å². The minimum absolute atomic E-state index is 0.143. The topological polar surface area (TPSA) is 52.3 Å². The highest BCUT2D eigenvalue weighted by Gasteiger charge is 2.31. The van der Waals surface area contributed by atoms with Gasteiger partial charge in [-0.15, -0.1) is 0 Å². The van der Waals surface area contributed by atoms with Gasteiger partial charge in [-0.05, 0) is 17.5 Å². The van der Waals surface area contributed by atoms with Gasteiger partial charge in [0.15, 0.2) is 0 Å². The quantitative estimate of drug-likeness (QED) is 0.790. The van der Waals surface area contributed by atoms with E-state index in [2.05, 4.69) is 0 Å². The number of hydrogen-bond acceptors (Lipinski definition) is 3. The molecule has 0 amide bonds. The predicted molar refractivity (Wildman–Crippen MR) is 61.9 cm³/mol. The second-order valence-corrected chi connectivity index (χ2v) is 4.21. The molecule has 0 aliphatic heterocycles. The molecule has 2 unspecified atom stereocenters. The Labute approximate surface area is 95.6 Å². The zero-order valence-electron chi connectivity index (χ0n) is 9.48. The van der Waals surface area contributed by atoms with Crippen molar-refractivity contribution in [2.24, 2.45) is 5.73 Å². The number of ether oxygens (including phenoxy) is 1. The Balaban J connectivity index is 2.04. The molecule has 1 aromatic rings. The zero-order valence-corrected chi connectivity index (χ0v) is 9.48. The van der Waals surface area contributed by atoms with Crippen LogP contribution >= 0.6 is 0 Å². The predicted octanol–water partition coefficient (Wildman–Crippen LogP) is 1.95. The van der Waals surface area contributed by atoms with Crippen LogP contribution in [0.25, 0.3) is 0 Å². The number of fused-ring (bicyclic) bond motifs is 1. The van der Waals surface area contributed by atoms with E-state index >= 15 is 0 Å². The van der Waals surface area contributed by atoms with Crippen LogP contribution in [0.5, 0.6) is 0 Å². The van der Waals surface area contributed by atoms with Crippen molar-refractivity contribution in [1.82, 2.24) is 0 Å². The van der Waals surface area contributed by atoms with E-state index in [1.165, 1.54) is 5.56 Å². The summed E-state index contributed by atoms with van der Waals surface area (Å²) in [4.78, 5) is 11.4. The molecule has 0 spiro atoms. The number of esters is 1. The Morgan fingerprint density at radius 3 is 2.94 bits per heavy atom. The summed E-state index contributed by atoms with van der Waals surface area (Å²) in [6.07, 6.45) is 1.84. The van der Waals surface area contributed by atoms with Crippen LogP contribution in [-0.4, -0.2) is 12.1 Å². The number of carbonyl (C=O) groups is 1. The smallest absolute Gasteiger partial charge is 0.306 e. The van der Waals surface area contributed by atoms with Gasteiger partial charge in [-0.1, -0.05) is 31.2 Å². The number of carbonyl (C=O) groups excluding carboxylic acids is 1. The molecule has 0 fully saturated rings. The number of hydrogen-bond donors (Lipinski definition) is 1. The van der Waals surface area contributed by atoms with Crippen LogP contribution < -0.4 is 5.73 Å². The number of nitrogens with two attached hydrogens (primary N) is 1. The lowest BCUT2D eigenvalue weighted by atomic mass is 10.1. The standard InChI is InChI=1S/C13H17NO2/c1-2-5-12(15)16-11-8-9-6-3-4-7-10(9)13(11)14/h3-4,6-7,11,13H,2,5,8,14H2,1H3. The molecule has 1 aromatic carbocycles. The maximum atomic E-state index is 11.4. The van der Waals surface area contributed by atoms with E-state index in [1.807, 2.05) is 31.2 Å². The van der Waals surface area contributed by atoms with E-state index in [0.29, 0.717) is 6.42 Å². The molecule has 0 aromatic heterocycles. The molecule has 2 atom stereocenters. The molecule has 86 valence electrons. The molecule has 2 N–H and O–H groups in total. The highest BCUT2D eigenvalue weighted by atomic mass is 16.5. The Hall–Kier alpha value is -1.35. The van der Waals surface area contributed by atoms with Crippen LogP contribution in [0, 0.1) is 0 Å². The summed E-state index contributed by atoms with van der Waals surface area (Å²) in [5, 5.41) is 0. The van der Waals surface area contributed by atoms with Crippen LogP contribution in [0.15, 0.2) is 24.3 Å². The molecule has 0 bridgehead atoms. The first-order valence-electron chi connectivity index (χ1n) is 5.75. The van der Waals surface area contributed by atoms with Gasteiger partial charge >= 0.3 is 5.97 Å². The fraction of sp³-hybridized carbons (Fsp3) is 0.462. The third kappa shape index (κ3) is 2.09. The highest BCUT2D eigenvalue weighted by Crippen LogP contribution is 2.31. The SMILES string of the molecule is CCCC(=O)OC1Cc2ccccc2C1N. The van der Waals surface area contributed by atoms with Crippen molar-refractivity contribution in [2.75, 3.05) is 0 Å². The highest BCUT2D eigenvalue weighted by molar-refractivity contribution is 5.69.